The van der Waals surface area contributed by atoms with Gasteiger partial charge in [-0.2, -0.15) is 0 Å². The Hall–Kier alpha value is -2.15. The van der Waals surface area contributed by atoms with E-state index in [0.717, 1.165) is 10.7 Å². The van der Waals surface area contributed by atoms with Crippen LogP contribution in [0, 0.1) is 0 Å². The van der Waals surface area contributed by atoms with Crippen LogP contribution in [0.3, 0.4) is 0 Å². The lowest BCUT2D eigenvalue weighted by Gasteiger charge is -2.04. The van der Waals surface area contributed by atoms with Gasteiger partial charge in [-0.25, -0.2) is 0 Å². The Morgan fingerprint density at radius 2 is 1.95 bits per heavy atom. The lowest BCUT2D eigenvalue weighted by Crippen LogP contribution is -1.94. The van der Waals surface area contributed by atoms with E-state index >= 15 is 0 Å². The van der Waals surface area contributed by atoms with E-state index in [4.69, 9.17) is 4.42 Å². The number of hydrogen-bond donors (Lipinski definition) is 0. The second-order valence-electron chi connectivity index (χ2n) is 4.30. The molecule has 0 saturated carbocycles. The van der Waals surface area contributed by atoms with Crippen molar-refractivity contribution in [1.29, 1.82) is 0 Å². The molecule has 20 heavy (non-hydrogen) atoms. The zero-order chi connectivity index (χ0) is 13.9. The SMILES string of the molecule is CC(Sc1nncn1C)c1nnc(-c2ccccc2)o1. The first-order chi connectivity index (χ1) is 9.74. The zero-order valence-corrected chi connectivity index (χ0v) is 11.9. The third-order valence-electron chi connectivity index (χ3n) is 2.76. The number of aromatic nitrogens is 5. The molecule has 0 aliphatic carbocycles. The summed E-state index contributed by atoms with van der Waals surface area (Å²) in [5, 5.41) is 16.9. The van der Waals surface area contributed by atoms with Crippen LogP contribution >= 0.6 is 11.8 Å². The molecule has 0 saturated heterocycles. The molecular formula is C13H13N5OS. The van der Waals surface area contributed by atoms with Gasteiger partial charge in [0.2, 0.25) is 11.8 Å². The van der Waals surface area contributed by atoms with E-state index in [1.54, 1.807) is 6.33 Å². The minimum absolute atomic E-state index is 0.0165. The molecule has 6 nitrogen and oxygen atoms in total. The van der Waals surface area contributed by atoms with Crippen molar-refractivity contribution in [2.24, 2.45) is 7.05 Å². The molecule has 3 rings (SSSR count). The van der Waals surface area contributed by atoms with Crippen LogP contribution in [0.5, 0.6) is 0 Å². The van der Waals surface area contributed by atoms with Crippen LogP contribution in [-0.4, -0.2) is 25.0 Å². The van der Waals surface area contributed by atoms with E-state index in [0.29, 0.717) is 11.8 Å². The van der Waals surface area contributed by atoms with Gasteiger partial charge in [-0.3, -0.25) is 0 Å². The van der Waals surface area contributed by atoms with Crippen molar-refractivity contribution >= 4 is 11.8 Å². The normalized spacial score (nSPS) is 12.5. The summed E-state index contributed by atoms with van der Waals surface area (Å²) in [6.07, 6.45) is 1.66. The Balaban J connectivity index is 1.78. The molecule has 7 heteroatoms. The predicted octanol–water partition coefficient (Wildman–Crippen LogP) is 2.72. The van der Waals surface area contributed by atoms with E-state index in [1.807, 2.05) is 48.9 Å². The zero-order valence-electron chi connectivity index (χ0n) is 11.1. The highest BCUT2D eigenvalue weighted by molar-refractivity contribution is 7.99. The largest absolute Gasteiger partial charge is 0.419 e. The van der Waals surface area contributed by atoms with Gasteiger partial charge in [0.05, 0.1) is 5.25 Å². The number of aryl methyl sites for hydroxylation is 1. The molecule has 0 N–H and O–H groups in total. The summed E-state index contributed by atoms with van der Waals surface area (Å²) in [6, 6.07) is 9.72. The van der Waals surface area contributed by atoms with E-state index < -0.39 is 0 Å². The Morgan fingerprint density at radius 1 is 1.15 bits per heavy atom. The van der Waals surface area contributed by atoms with Crippen LogP contribution in [0.4, 0.5) is 0 Å². The average molecular weight is 287 g/mol. The smallest absolute Gasteiger partial charge is 0.247 e. The van der Waals surface area contributed by atoms with Crippen molar-refractivity contribution in [3.05, 3.63) is 42.5 Å². The molecule has 2 aromatic heterocycles. The van der Waals surface area contributed by atoms with E-state index in [9.17, 15) is 0 Å². The first kappa shape index (κ1) is 12.9. The quantitative estimate of drug-likeness (QED) is 0.687. The van der Waals surface area contributed by atoms with Crippen LogP contribution in [0.15, 0.2) is 46.2 Å². The van der Waals surface area contributed by atoms with Gasteiger partial charge in [0.25, 0.3) is 0 Å². The molecule has 0 radical (unpaired) electrons. The summed E-state index contributed by atoms with van der Waals surface area (Å²) < 4.78 is 7.58. The van der Waals surface area contributed by atoms with Crippen molar-refractivity contribution in [2.75, 3.05) is 0 Å². The first-order valence-corrected chi connectivity index (χ1v) is 7.01. The molecule has 1 atom stereocenters. The van der Waals surface area contributed by atoms with Gasteiger partial charge in [-0.15, -0.1) is 20.4 Å². The fourth-order valence-electron chi connectivity index (χ4n) is 1.68. The van der Waals surface area contributed by atoms with Gasteiger partial charge in [0, 0.05) is 12.6 Å². The number of hydrogen-bond acceptors (Lipinski definition) is 6. The summed E-state index contributed by atoms with van der Waals surface area (Å²) in [5.41, 5.74) is 0.919. The van der Waals surface area contributed by atoms with E-state index in [1.165, 1.54) is 11.8 Å². The minimum atomic E-state index is 0.0165. The molecule has 0 aliphatic rings. The molecule has 0 fully saturated rings. The second-order valence-corrected chi connectivity index (χ2v) is 5.60. The molecule has 0 bridgehead atoms. The monoisotopic (exact) mass is 287 g/mol. The molecular weight excluding hydrogens is 274 g/mol. The van der Waals surface area contributed by atoms with Crippen molar-refractivity contribution in [3.63, 3.8) is 0 Å². The summed E-state index contributed by atoms with van der Waals surface area (Å²) >= 11 is 1.53. The standard InChI is InChI=1S/C13H13N5OS/c1-9(20-13-17-14-8-18(13)2)11-15-16-12(19-11)10-6-4-3-5-7-10/h3-9H,1-2H3. The lowest BCUT2D eigenvalue weighted by molar-refractivity contribution is 0.508. The van der Waals surface area contributed by atoms with Crippen LogP contribution in [0.1, 0.15) is 18.1 Å². The third kappa shape index (κ3) is 2.57. The van der Waals surface area contributed by atoms with Crippen molar-refractivity contribution in [1.82, 2.24) is 25.0 Å². The highest BCUT2D eigenvalue weighted by atomic mass is 32.2. The summed E-state index contributed by atoms with van der Waals surface area (Å²) in [4.78, 5) is 0. The van der Waals surface area contributed by atoms with Gasteiger partial charge >= 0.3 is 0 Å². The Morgan fingerprint density at radius 3 is 2.65 bits per heavy atom. The Labute approximate surface area is 120 Å². The van der Waals surface area contributed by atoms with Crippen LogP contribution < -0.4 is 0 Å². The molecule has 0 spiro atoms. The maximum Gasteiger partial charge on any atom is 0.247 e. The molecule has 0 amide bonds. The fourth-order valence-corrected chi connectivity index (χ4v) is 2.50. The molecule has 1 unspecified atom stereocenters. The number of benzene rings is 1. The number of rotatable bonds is 4. The molecule has 0 aliphatic heterocycles. The van der Waals surface area contributed by atoms with Crippen molar-refractivity contribution in [3.8, 4) is 11.5 Å². The van der Waals surface area contributed by atoms with Crippen LogP contribution in [0.25, 0.3) is 11.5 Å². The summed E-state index contributed by atoms with van der Waals surface area (Å²) in [6.45, 7) is 2.00. The highest BCUT2D eigenvalue weighted by Crippen LogP contribution is 2.33. The van der Waals surface area contributed by atoms with Gasteiger partial charge < -0.3 is 8.98 Å². The van der Waals surface area contributed by atoms with Crippen LogP contribution in [0.2, 0.25) is 0 Å². The van der Waals surface area contributed by atoms with Crippen LogP contribution in [-0.2, 0) is 7.05 Å². The summed E-state index contributed by atoms with van der Waals surface area (Å²) in [7, 11) is 1.90. The third-order valence-corrected chi connectivity index (χ3v) is 3.90. The lowest BCUT2D eigenvalue weighted by atomic mass is 10.2. The van der Waals surface area contributed by atoms with E-state index in [-0.39, 0.29) is 5.25 Å². The Kier molecular flexibility index (Phi) is 3.51. The summed E-state index contributed by atoms with van der Waals surface area (Å²) in [5.74, 6) is 1.11. The maximum absolute atomic E-state index is 5.72. The number of thioether (sulfide) groups is 1. The molecule has 3 aromatic rings. The minimum Gasteiger partial charge on any atom is -0.419 e. The van der Waals surface area contributed by atoms with Gasteiger partial charge in [-0.1, -0.05) is 30.0 Å². The Bertz CT molecular complexity index is 694. The predicted molar refractivity (Wildman–Crippen MR) is 75.0 cm³/mol. The topological polar surface area (TPSA) is 69.6 Å². The molecule has 1 aromatic carbocycles. The second kappa shape index (κ2) is 5.46. The van der Waals surface area contributed by atoms with Crippen molar-refractivity contribution in [2.45, 2.75) is 17.3 Å². The number of nitrogens with zero attached hydrogens (tertiary/aromatic N) is 5. The highest BCUT2D eigenvalue weighted by Gasteiger charge is 2.18. The van der Waals surface area contributed by atoms with Crippen molar-refractivity contribution < 1.29 is 4.42 Å². The molecule has 2 heterocycles. The fraction of sp³-hybridized carbons (Fsp3) is 0.231. The maximum atomic E-state index is 5.72. The van der Waals surface area contributed by atoms with Gasteiger partial charge in [0.15, 0.2) is 5.16 Å². The van der Waals surface area contributed by atoms with E-state index in [2.05, 4.69) is 20.4 Å². The van der Waals surface area contributed by atoms with Gasteiger partial charge in [-0.05, 0) is 19.1 Å². The first-order valence-electron chi connectivity index (χ1n) is 6.13. The van der Waals surface area contributed by atoms with Gasteiger partial charge in [0.1, 0.15) is 6.33 Å². The molecule has 102 valence electrons. The average Bonchev–Trinajstić information content (AvgIpc) is 3.10.